The quantitative estimate of drug-likeness (QED) is 0.917. The van der Waals surface area contributed by atoms with Gasteiger partial charge < -0.3 is 19.6 Å². The van der Waals surface area contributed by atoms with Crippen LogP contribution in [0.5, 0.6) is 0 Å². The third kappa shape index (κ3) is 3.38. The Kier molecular flexibility index (Phi) is 4.76. The summed E-state index contributed by atoms with van der Waals surface area (Å²) >= 11 is 0. The Bertz CT molecular complexity index is 606. The van der Waals surface area contributed by atoms with E-state index in [1.54, 1.807) is 12.1 Å². The van der Waals surface area contributed by atoms with Crippen LogP contribution in [0.3, 0.4) is 0 Å². The van der Waals surface area contributed by atoms with Crippen molar-refractivity contribution in [2.24, 2.45) is 0 Å². The third-order valence-corrected chi connectivity index (χ3v) is 4.70. The van der Waals surface area contributed by atoms with Crippen LogP contribution >= 0.6 is 0 Å². The van der Waals surface area contributed by atoms with Gasteiger partial charge in [-0.15, -0.1) is 0 Å². The van der Waals surface area contributed by atoms with Gasteiger partial charge in [0.2, 0.25) is 0 Å². The number of ether oxygens (including phenoxy) is 1. The van der Waals surface area contributed by atoms with Crippen LogP contribution in [0.25, 0.3) is 0 Å². The van der Waals surface area contributed by atoms with Crippen molar-refractivity contribution in [3.63, 3.8) is 0 Å². The van der Waals surface area contributed by atoms with Gasteiger partial charge in [-0.1, -0.05) is 0 Å². The first-order valence-corrected chi connectivity index (χ1v) is 8.50. The van der Waals surface area contributed by atoms with Gasteiger partial charge in [0.15, 0.2) is 0 Å². The van der Waals surface area contributed by atoms with Crippen LogP contribution in [-0.2, 0) is 9.53 Å². The molecule has 0 saturated carbocycles. The number of benzene rings is 1. The van der Waals surface area contributed by atoms with E-state index >= 15 is 0 Å². The number of rotatable bonds is 3. The Hall–Kier alpha value is -2.08. The van der Waals surface area contributed by atoms with Gasteiger partial charge in [-0.2, -0.15) is 0 Å². The zero-order valence-corrected chi connectivity index (χ0v) is 14.1. The van der Waals surface area contributed by atoms with E-state index in [-0.39, 0.29) is 18.1 Å². The Balaban J connectivity index is 1.72. The molecular weight excluding hydrogens is 308 g/mol. The molecule has 0 bridgehead atoms. The number of carboxylic acids is 1. The Morgan fingerprint density at radius 2 is 1.75 bits per heavy atom. The molecule has 2 fully saturated rings. The van der Waals surface area contributed by atoms with Gasteiger partial charge in [-0.05, 0) is 51.0 Å². The largest absolute Gasteiger partial charge is 0.480 e. The minimum Gasteiger partial charge on any atom is -0.480 e. The number of carbonyl (C=O) groups is 2. The summed E-state index contributed by atoms with van der Waals surface area (Å²) in [4.78, 5) is 27.6. The molecule has 3 rings (SSSR count). The molecule has 1 N–H and O–H groups in total. The van der Waals surface area contributed by atoms with Crippen molar-refractivity contribution in [3.8, 4) is 0 Å². The minimum atomic E-state index is -0.922. The summed E-state index contributed by atoms with van der Waals surface area (Å²) in [7, 11) is 0. The molecule has 2 aliphatic heterocycles. The van der Waals surface area contributed by atoms with Crippen molar-refractivity contribution in [2.45, 2.75) is 44.9 Å². The molecular formula is C18H24N2O4. The van der Waals surface area contributed by atoms with Crippen molar-refractivity contribution in [3.05, 3.63) is 29.8 Å². The SMILES string of the molecule is CC1CN(c2ccc(C(=O)N3CCCC3C(=O)O)cc2)CC(C)O1. The fraction of sp³-hybridized carbons (Fsp3) is 0.556. The second kappa shape index (κ2) is 6.81. The molecule has 6 nitrogen and oxygen atoms in total. The predicted octanol–water partition coefficient (Wildman–Crippen LogP) is 1.99. The topological polar surface area (TPSA) is 70.1 Å². The first kappa shape index (κ1) is 16.8. The number of carboxylic acid groups (broad SMARTS) is 1. The third-order valence-electron chi connectivity index (χ3n) is 4.70. The zero-order chi connectivity index (χ0) is 17.3. The highest BCUT2D eigenvalue weighted by Crippen LogP contribution is 2.24. The molecule has 0 spiro atoms. The monoisotopic (exact) mass is 332 g/mol. The smallest absolute Gasteiger partial charge is 0.326 e. The maximum absolute atomic E-state index is 12.6. The van der Waals surface area contributed by atoms with Crippen LogP contribution < -0.4 is 4.90 Å². The molecule has 130 valence electrons. The lowest BCUT2D eigenvalue weighted by Crippen LogP contribution is -2.45. The number of hydrogen-bond donors (Lipinski definition) is 1. The van der Waals surface area contributed by atoms with Gasteiger partial charge in [-0.25, -0.2) is 4.79 Å². The lowest BCUT2D eigenvalue weighted by molar-refractivity contribution is -0.141. The van der Waals surface area contributed by atoms with Crippen LogP contribution in [0.2, 0.25) is 0 Å². The molecule has 0 aromatic heterocycles. The van der Waals surface area contributed by atoms with Gasteiger partial charge in [0, 0.05) is 30.9 Å². The number of aliphatic carboxylic acids is 1. The molecule has 1 aromatic rings. The van der Waals surface area contributed by atoms with E-state index < -0.39 is 12.0 Å². The second-order valence-electron chi connectivity index (χ2n) is 6.70. The normalized spacial score (nSPS) is 27.3. The average Bonchev–Trinajstić information content (AvgIpc) is 3.03. The molecule has 1 amide bonds. The predicted molar refractivity (Wildman–Crippen MR) is 90.4 cm³/mol. The van der Waals surface area contributed by atoms with E-state index in [1.807, 2.05) is 12.1 Å². The number of anilines is 1. The van der Waals surface area contributed by atoms with Crippen molar-refractivity contribution in [1.82, 2.24) is 4.90 Å². The first-order chi connectivity index (χ1) is 11.5. The van der Waals surface area contributed by atoms with E-state index in [0.717, 1.165) is 25.2 Å². The van der Waals surface area contributed by atoms with Gasteiger partial charge in [0.25, 0.3) is 5.91 Å². The molecule has 0 radical (unpaired) electrons. The average molecular weight is 332 g/mol. The maximum Gasteiger partial charge on any atom is 0.326 e. The lowest BCUT2D eigenvalue weighted by atomic mass is 10.1. The van der Waals surface area contributed by atoms with Crippen LogP contribution in [0.1, 0.15) is 37.0 Å². The first-order valence-electron chi connectivity index (χ1n) is 8.50. The van der Waals surface area contributed by atoms with E-state index in [4.69, 9.17) is 4.74 Å². The molecule has 24 heavy (non-hydrogen) atoms. The van der Waals surface area contributed by atoms with Crippen LogP contribution in [0.15, 0.2) is 24.3 Å². The highest BCUT2D eigenvalue weighted by molar-refractivity contribution is 5.97. The number of likely N-dealkylation sites (tertiary alicyclic amines) is 1. The molecule has 2 aliphatic rings. The zero-order valence-electron chi connectivity index (χ0n) is 14.1. The molecule has 6 heteroatoms. The van der Waals surface area contributed by atoms with Crippen molar-refractivity contribution in [1.29, 1.82) is 0 Å². The molecule has 2 saturated heterocycles. The summed E-state index contributed by atoms with van der Waals surface area (Å²) in [5, 5.41) is 9.23. The summed E-state index contributed by atoms with van der Waals surface area (Å²) in [6.07, 6.45) is 1.62. The minimum absolute atomic E-state index is 0.177. The van der Waals surface area contributed by atoms with Gasteiger partial charge in [0.1, 0.15) is 6.04 Å². The summed E-state index contributed by atoms with van der Waals surface area (Å²) in [6, 6.07) is 6.76. The summed E-state index contributed by atoms with van der Waals surface area (Å²) in [5.74, 6) is -1.12. The highest BCUT2D eigenvalue weighted by atomic mass is 16.5. The maximum atomic E-state index is 12.6. The second-order valence-corrected chi connectivity index (χ2v) is 6.70. The van der Waals surface area contributed by atoms with Crippen LogP contribution in [-0.4, -0.2) is 59.8 Å². The van der Waals surface area contributed by atoms with Gasteiger partial charge in [-0.3, -0.25) is 4.79 Å². The highest BCUT2D eigenvalue weighted by Gasteiger charge is 2.34. The summed E-state index contributed by atoms with van der Waals surface area (Å²) in [6.45, 7) is 6.27. The summed E-state index contributed by atoms with van der Waals surface area (Å²) < 4.78 is 5.74. The Morgan fingerprint density at radius 1 is 1.12 bits per heavy atom. The fourth-order valence-corrected chi connectivity index (χ4v) is 3.64. The molecule has 3 unspecified atom stereocenters. The number of morpholine rings is 1. The fourth-order valence-electron chi connectivity index (χ4n) is 3.64. The number of amides is 1. The lowest BCUT2D eigenvalue weighted by Gasteiger charge is -2.37. The van der Waals surface area contributed by atoms with E-state index in [1.165, 1.54) is 4.90 Å². The molecule has 1 aromatic carbocycles. The van der Waals surface area contributed by atoms with Gasteiger partial charge in [0.05, 0.1) is 12.2 Å². The summed E-state index contributed by atoms with van der Waals surface area (Å²) in [5.41, 5.74) is 1.60. The van der Waals surface area contributed by atoms with Crippen molar-refractivity contribution < 1.29 is 19.4 Å². The Labute approximate surface area is 142 Å². The Morgan fingerprint density at radius 3 is 2.33 bits per heavy atom. The number of carbonyl (C=O) groups excluding carboxylic acids is 1. The van der Waals surface area contributed by atoms with Crippen LogP contribution in [0.4, 0.5) is 5.69 Å². The van der Waals surface area contributed by atoms with E-state index in [9.17, 15) is 14.7 Å². The standard InChI is InChI=1S/C18H24N2O4/c1-12-10-19(11-13(2)24-12)15-7-5-14(6-8-15)17(21)20-9-3-4-16(20)18(22)23/h5-8,12-13,16H,3-4,9-11H2,1-2H3,(H,22,23). The van der Waals surface area contributed by atoms with E-state index in [0.29, 0.717) is 18.5 Å². The molecule has 3 atom stereocenters. The van der Waals surface area contributed by atoms with E-state index in [2.05, 4.69) is 18.7 Å². The number of nitrogens with zero attached hydrogens (tertiary/aromatic N) is 2. The molecule has 2 heterocycles. The molecule has 0 aliphatic carbocycles. The van der Waals surface area contributed by atoms with Crippen molar-refractivity contribution in [2.75, 3.05) is 24.5 Å². The number of hydrogen-bond acceptors (Lipinski definition) is 4. The van der Waals surface area contributed by atoms with Gasteiger partial charge >= 0.3 is 5.97 Å². The van der Waals surface area contributed by atoms with Crippen molar-refractivity contribution >= 4 is 17.6 Å². The van der Waals surface area contributed by atoms with Crippen LogP contribution in [0, 0.1) is 0 Å².